The summed E-state index contributed by atoms with van der Waals surface area (Å²) in [4.78, 5) is 0. The zero-order valence-corrected chi connectivity index (χ0v) is 8.34. The summed E-state index contributed by atoms with van der Waals surface area (Å²) in [7, 11) is 0. The van der Waals surface area contributed by atoms with E-state index >= 15 is 0 Å². The zero-order valence-electron chi connectivity index (χ0n) is 8.34. The Morgan fingerprint density at radius 1 is 1.08 bits per heavy atom. The second-order valence-corrected chi connectivity index (χ2v) is 6.91. The molecule has 0 aromatic heterocycles. The molecule has 13 heavy (non-hydrogen) atoms. The van der Waals surface area contributed by atoms with E-state index in [1.54, 1.807) is 0 Å². The van der Waals surface area contributed by atoms with Gasteiger partial charge in [0.1, 0.15) is 0 Å². The third-order valence-electron chi connectivity index (χ3n) is 5.59. The molecule has 4 bridgehead atoms. The van der Waals surface area contributed by atoms with Gasteiger partial charge in [-0.3, -0.25) is 0 Å². The molecule has 5 rings (SSSR count). The van der Waals surface area contributed by atoms with E-state index < -0.39 is 0 Å². The minimum absolute atomic E-state index is 0.233. The highest BCUT2D eigenvalue weighted by atomic mass is 16.3. The lowest BCUT2D eigenvalue weighted by atomic mass is 9.43. The topological polar surface area (TPSA) is 20.2 Å². The van der Waals surface area contributed by atoms with Crippen LogP contribution in [-0.2, 0) is 0 Å². The van der Waals surface area contributed by atoms with Crippen molar-refractivity contribution in [2.24, 2.45) is 22.7 Å². The third kappa shape index (κ3) is 0.643. The third-order valence-corrected chi connectivity index (χ3v) is 5.59. The first-order chi connectivity index (χ1) is 6.03. The molecular weight excluding hydrogens is 160 g/mol. The van der Waals surface area contributed by atoms with Gasteiger partial charge in [-0.05, 0) is 61.2 Å². The molecule has 1 N–H and O–H groups in total. The normalized spacial score (nSPS) is 72.5. The fourth-order valence-electron chi connectivity index (χ4n) is 5.95. The van der Waals surface area contributed by atoms with E-state index in [0.717, 1.165) is 31.1 Å². The molecule has 5 saturated carbocycles. The fraction of sp³-hybridized carbons (Fsp3) is 1.00. The van der Waals surface area contributed by atoms with Gasteiger partial charge in [0.15, 0.2) is 0 Å². The van der Waals surface area contributed by atoms with Crippen molar-refractivity contribution in [2.45, 2.75) is 51.0 Å². The summed E-state index contributed by atoms with van der Waals surface area (Å²) < 4.78 is 0. The maximum atomic E-state index is 10.5. The van der Waals surface area contributed by atoms with E-state index in [0.29, 0.717) is 10.8 Å². The van der Waals surface area contributed by atoms with Crippen LogP contribution in [0.4, 0.5) is 0 Å². The number of aliphatic hydroxyl groups is 1. The first-order valence-electron chi connectivity index (χ1n) is 5.75. The Balaban J connectivity index is 1.90. The van der Waals surface area contributed by atoms with Gasteiger partial charge >= 0.3 is 0 Å². The first kappa shape index (κ1) is 7.28. The number of hydrogen-bond donors (Lipinski definition) is 1. The van der Waals surface area contributed by atoms with Gasteiger partial charge in [-0.15, -0.1) is 0 Å². The Hall–Kier alpha value is -0.0400. The van der Waals surface area contributed by atoms with Crippen molar-refractivity contribution in [3.05, 3.63) is 0 Å². The van der Waals surface area contributed by atoms with Gasteiger partial charge in [0.05, 0.1) is 5.60 Å². The molecule has 5 aliphatic rings. The molecule has 0 heterocycles. The van der Waals surface area contributed by atoms with Crippen molar-refractivity contribution in [1.82, 2.24) is 0 Å². The predicted octanol–water partition coefficient (Wildman–Crippen LogP) is 2.34. The average Bonchev–Trinajstić information content (AvgIpc) is 2.07. The predicted molar refractivity (Wildman–Crippen MR) is 50.2 cm³/mol. The van der Waals surface area contributed by atoms with Crippen molar-refractivity contribution >= 4 is 0 Å². The van der Waals surface area contributed by atoms with Gasteiger partial charge in [0.25, 0.3) is 0 Å². The van der Waals surface area contributed by atoms with Crippen LogP contribution in [0, 0.1) is 22.7 Å². The van der Waals surface area contributed by atoms with E-state index in [9.17, 15) is 5.11 Å². The summed E-state index contributed by atoms with van der Waals surface area (Å²) in [6.07, 6.45) is 7.71. The fourth-order valence-corrected chi connectivity index (χ4v) is 5.95. The average molecular weight is 178 g/mol. The quantitative estimate of drug-likeness (QED) is 0.603. The highest BCUT2D eigenvalue weighted by molar-refractivity contribution is 5.22. The van der Waals surface area contributed by atoms with E-state index in [1.807, 2.05) is 0 Å². The molecule has 0 aromatic carbocycles. The van der Waals surface area contributed by atoms with Crippen LogP contribution in [0.2, 0.25) is 0 Å². The minimum Gasteiger partial charge on any atom is -0.390 e. The first-order valence-corrected chi connectivity index (χ1v) is 5.75. The molecule has 5 atom stereocenters. The van der Waals surface area contributed by atoms with Gasteiger partial charge in [-0.25, -0.2) is 0 Å². The van der Waals surface area contributed by atoms with Gasteiger partial charge in [-0.2, -0.15) is 0 Å². The summed E-state index contributed by atoms with van der Waals surface area (Å²) in [5.41, 5.74) is 0.913. The summed E-state index contributed by atoms with van der Waals surface area (Å²) in [6, 6.07) is 0. The SMILES string of the molecule is CC12CC3C4CC3(C1)C[C@@](O)(C4)C2. The summed E-state index contributed by atoms with van der Waals surface area (Å²) >= 11 is 0. The monoisotopic (exact) mass is 178 g/mol. The number of hydrogen-bond acceptors (Lipinski definition) is 1. The molecule has 0 amide bonds. The second-order valence-electron chi connectivity index (χ2n) is 6.91. The maximum absolute atomic E-state index is 10.5. The summed E-state index contributed by atoms with van der Waals surface area (Å²) in [6.45, 7) is 2.42. The molecule has 4 unspecified atom stereocenters. The van der Waals surface area contributed by atoms with E-state index in [1.165, 1.54) is 19.3 Å². The molecule has 5 aliphatic carbocycles. The smallest absolute Gasteiger partial charge is 0.0661 e. The lowest BCUT2D eigenvalue weighted by Gasteiger charge is -2.63. The van der Waals surface area contributed by atoms with Crippen molar-refractivity contribution < 1.29 is 5.11 Å². The van der Waals surface area contributed by atoms with Gasteiger partial charge in [0, 0.05) is 0 Å². The Morgan fingerprint density at radius 2 is 1.92 bits per heavy atom. The standard InChI is InChI=1S/C12H18O/c1-10-4-9-8-2-11(9,5-10)7-12(13,3-8)6-10/h8-9,13H,2-7H2,1H3/t8?,9?,10?,11?,12-/m1/s1. The van der Waals surface area contributed by atoms with Crippen molar-refractivity contribution in [1.29, 1.82) is 0 Å². The lowest BCUT2D eigenvalue weighted by Crippen LogP contribution is -2.59. The van der Waals surface area contributed by atoms with Crippen LogP contribution in [0.3, 0.4) is 0 Å². The highest BCUT2D eigenvalue weighted by Gasteiger charge is 2.72. The van der Waals surface area contributed by atoms with Crippen LogP contribution in [-0.4, -0.2) is 10.7 Å². The van der Waals surface area contributed by atoms with Crippen LogP contribution < -0.4 is 0 Å². The van der Waals surface area contributed by atoms with Crippen LogP contribution in [0.5, 0.6) is 0 Å². The molecule has 72 valence electrons. The van der Waals surface area contributed by atoms with Gasteiger partial charge in [-0.1, -0.05) is 6.92 Å². The summed E-state index contributed by atoms with van der Waals surface area (Å²) in [5, 5.41) is 10.5. The van der Waals surface area contributed by atoms with E-state index in [4.69, 9.17) is 0 Å². The van der Waals surface area contributed by atoms with Crippen LogP contribution >= 0.6 is 0 Å². The molecule has 1 nitrogen and oxygen atoms in total. The molecule has 0 aromatic rings. The number of rotatable bonds is 0. The molecule has 1 heteroatoms. The Morgan fingerprint density at radius 3 is 2.77 bits per heavy atom. The van der Waals surface area contributed by atoms with Crippen molar-refractivity contribution in [2.75, 3.05) is 0 Å². The van der Waals surface area contributed by atoms with Crippen LogP contribution in [0.15, 0.2) is 0 Å². The van der Waals surface area contributed by atoms with Gasteiger partial charge in [0.2, 0.25) is 0 Å². The summed E-state index contributed by atoms with van der Waals surface area (Å²) in [5.74, 6) is 1.92. The molecule has 0 radical (unpaired) electrons. The Bertz CT molecular complexity index is 293. The minimum atomic E-state index is -0.233. The van der Waals surface area contributed by atoms with E-state index in [-0.39, 0.29) is 5.60 Å². The van der Waals surface area contributed by atoms with Crippen molar-refractivity contribution in [3.8, 4) is 0 Å². The molecule has 0 aliphatic heterocycles. The molecule has 0 saturated heterocycles. The molecular formula is C12H18O. The van der Waals surface area contributed by atoms with Crippen molar-refractivity contribution in [3.63, 3.8) is 0 Å². The zero-order chi connectivity index (χ0) is 8.90. The van der Waals surface area contributed by atoms with Gasteiger partial charge < -0.3 is 5.11 Å². The number of fused-ring (bicyclic) bond motifs is 1. The Labute approximate surface area is 79.5 Å². The molecule has 5 fully saturated rings. The van der Waals surface area contributed by atoms with Crippen LogP contribution in [0.1, 0.15) is 45.4 Å². The molecule has 1 spiro atoms. The Kier molecular flexibility index (Phi) is 0.896. The second kappa shape index (κ2) is 1.60. The van der Waals surface area contributed by atoms with E-state index in [2.05, 4.69) is 6.92 Å². The lowest BCUT2D eigenvalue weighted by molar-refractivity contribution is -0.192. The maximum Gasteiger partial charge on any atom is 0.0661 e. The largest absolute Gasteiger partial charge is 0.390 e. The highest BCUT2D eigenvalue weighted by Crippen LogP contribution is 2.78. The van der Waals surface area contributed by atoms with Crippen LogP contribution in [0.25, 0.3) is 0 Å².